The zero-order chi connectivity index (χ0) is 19.6. The van der Waals surface area contributed by atoms with Crippen molar-refractivity contribution in [2.45, 2.75) is 82.8 Å². The summed E-state index contributed by atoms with van der Waals surface area (Å²) in [4.78, 5) is 14.4. The molecule has 6 heteroatoms. The van der Waals surface area contributed by atoms with Gasteiger partial charge in [-0.2, -0.15) is 0 Å². The van der Waals surface area contributed by atoms with Crippen LogP contribution in [0.15, 0.2) is 12.4 Å². The summed E-state index contributed by atoms with van der Waals surface area (Å²) in [6.07, 6.45) is 15.1. The van der Waals surface area contributed by atoms with Crippen LogP contribution in [0.2, 0.25) is 0 Å². The lowest BCUT2D eigenvalue weighted by Gasteiger charge is -2.33. The third kappa shape index (κ3) is 4.18. The summed E-state index contributed by atoms with van der Waals surface area (Å²) in [7, 11) is 0. The van der Waals surface area contributed by atoms with Gasteiger partial charge in [-0.25, -0.2) is 15.0 Å². The molecule has 156 valence electrons. The van der Waals surface area contributed by atoms with Crippen LogP contribution in [0.4, 0.5) is 5.95 Å². The molecule has 1 aliphatic heterocycles. The topological polar surface area (TPSA) is 72.0 Å². The molecule has 2 N–H and O–H groups in total. The van der Waals surface area contributed by atoms with Crippen molar-refractivity contribution in [3.63, 3.8) is 0 Å². The van der Waals surface area contributed by atoms with Gasteiger partial charge in [0, 0.05) is 24.0 Å². The van der Waals surface area contributed by atoms with E-state index in [0.717, 1.165) is 48.7 Å². The molecular formula is C23H33N5O. The van der Waals surface area contributed by atoms with Gasteiger partial charge < -0.3 is 15.4 Å². The third-order valence-electron chi connectivity index (χ3n) is 6.93. The summed E-state index contributed by atoms with van der Waals surface area (Å²) in [5, 5.41) is 7.91. The van der Waals surface area contributed by atoms with Gasteiger partial charge in [-0.05, 0) is 63.5 Å². The zero-order valence-corrected chi connectivity index (χ0v) is 17.5. The Morgan fingerprint density at radius 1 is 1.00 bits per heavy atom. The molecule has 2 aliphatic carbocycles. The maximum Gasteiger partial charge on any atom is 0.224 e. The second-order valence-corrected chi connectivity index (χ2v) is 9.29. The highest BCUT2D eigenvalue weighted by atomic mass is 16.5. The van der Waals surface area contributed by atoms with Gasteiger partial charge in [0.25, 0.3) is 0 Å². The molecule has 2 aromatic rings. The molecule has 29 heavy (non-hydrogen) atoms. The highest BCUT2D eigenvalue weighted by Crippen LogP contribution is 2.38. The van der Waals surface area contributed by atoms with Crippen LogP contribution in [0, 0.1) is 5.92 Å². The largest absolute Gasteiger partial charge is 0.474 e. The van der Waals surface area contributed by atoms with Crippen molar-refractivity contribution in [3.8, 4) is 5.88 Å². The Labute approximate surface area is 173 Å². The van der Waals surface area contributed by atoms with Gasteiger partial charge >= 0.3 is 0 Å². The number of hydrogen-bond acceptors (Lipinski definition) is 6. The average Bonchev–Trinajstić information content (AvgIpc) is 2.74. The monoisotopic (exact) mass is 395 g/mol. The van der Waals surface area contributed by atoms with Crippen molar-refractivity contribution in [1.29, 1.82) is 0 Å². The number of nitrogens with zero attached hydrogens (tertiary/aromatic N) is 3. The van der Waals surface area contributed by atoms with Crippen molar-refractivity contribution >= 4 is 16.9 Å². The Hall–Kier alpha value is -1.95. The fourth-order valence-electron chi connectivity index (χ4n) is 5.17. The number of nitrogens with one attached hydrogen (secondary N) is 2. The number of fused-ring (bicyclic) bond motifs is 1. The molecule has 3 fully saturated rings. The van der Waals surface area contributed by atoms with E-state index in [-0.39, 0.29) is 6.10 Å². The standard InChI is InChI=1S/C23H33N5O/c1-15-11-17(12-15)27-23-26-14-20-21(28-23)19(16-5-3-2-4-6-16)13-25-22(20)29-18-7-9-24-10-8-18/h13-18,24H,2-12H2,1H3,(H,26,27,28). The van der Waals surface area contributed by atoms with Gasteiger partial charge in [-0.15, -0.1) is 0 Å². The van der Waals surface area contributed by atoms with Crippen LogP contribution in [0.25, 0.3) is 10.9 Å². The molecule has 0 spiro atoms. The lowest BCUT2D eigenvalue weighted by molar-refractivity contribution is 0.158. The Kier molecular flexibility index (Phi) is 5.53. The maximum absolute atomic E-state index is 6.33. The van der Waals surface area contributed by atoms with Crippen LogP contribution in [0.3, 0.4) is 0 Å². The van der Waals surface area contributed by atoms with Crippen LogP contribution >= 0.6 is 0 Å². The Bertz CT molecular complexity index is 839. The van der Waals surface area contributed by atoms with Crippen molar-refractivity contribution < 1.29 is 4.74 Å². The molecule has 0 radical (unpaired) electrons. The van der Waals surface area contributed by atoms with Gasteiger partial charge in [0.1, 0.15) is 6.10 Å². The first-order valence-electron chi connectivity index (χ1n) is 11.6. The number of pyridine rings is 1. The van der Waals surface area contributed by atoms with Gasteiger partial charge in [0.15, 0.2) is 0 Å². The fourth-order valence-corrected chi connectivity index (χ4v) is 5.17. The molecule has 3 aliphatic rings. The van der Waals surface area contributed by atoms with Gasteiger partial charge in [0.2, 0.25) is 11.8 Å². The fraction of sp³-hybridized carbons (Fsp3) is 0.696. The lowest BCUT2D eigenvalue weighted by atomic mass is 9.82. The molecule has 5 rings (SSSR count). The number of anilines is 1. The Balaban J connectivity index is 1.47. The van der Waals surface area contributed by atoms with E-state index in [1.165, 1.54) is 50.5 Å². The number of aromatic nitrogens is 3. The van der Waals surface area contributed by atoms with Crippen molar-refractivity contribution in [3.05, 3.63) is 18.0 Å². The molecule has 3 heterocycles. The number of ether oxygens (including phenoxy) is 1. The second-order valence-electron chi connectivity index (χ2n) is 9.29. The molecule has 0 atom stereocenters. The first-order valence-corrected chi connectivity index (χ1v) is 11.6. The Morgan fingerprint density at radius 3 is 2.55 bits per heavy atom. The molecule has 0 aromatic carbocycles. The zero-order valence-electron chi connectivity index (χ0n) is 17.5. The Morgan fingerprint density at radius 2 is 1.79 bits per heavy atom. The van der Waals surface area contributed by atoms with E-state index in [2.05, 4.69) is 22.5 Å². The molecule has 6 nitrogen and oxygen atoms in total. The second kappa shape index (κ2) is 8.42. The van der Waals surface area contributed by atoms with E-state index in [4.69, 9.17) is 14.7 Å². The third-order valence-corrected chi connectivity index (χ3v) is 6.93. The van der Waals surface area contributed by atoms with Crippen molar-refractivity contribution in [1.82, 2.24) is 20.3 Å². The summed E-state index contributed by atoms with van der Waals surface area (Å²) in [5.74, 6) is 2.82. The van der Waals surface area contributed by atoms with E-state index < -0.39 is 0 Å². The van der Waals surface area contributed by atoms with Crippen LogP contribution in [-0.4, -0.2) is 40.2 Å². The first-order chi connectivity index (χ1) is 14.3. The van der Waals surface area contributed by atoms with Crippen molar-refractivity contribution in [2.75, 3.05) is 18.4 Å². The number of piperidine rings is 1. The first kappa shape index (κ1) is 19.0. The molecule has 1 saturated heterocycles. The van der Waals surface area contributed by atoms with E-state index >= 15 is 0 Å². The normalized spacial score (nSPS) is 26.2. The van der Waals surface area contributed by atoms with Gasteiger partial charge in [-0.3, -0.25) is 0 Å². The van der Waals surface area contributed by atoms with E-state index in [1.807, 2.05) is 12.4 Å². The molecule has 0 amide bonds. The molecular weight excluding hydrogens is 362 g/mol. The van der Waals surface area contributed by atoms with Crippen molar-refractivity contribution in [2.24, 2.45) is 5.92 Å². The maximum atomic E-state index is 6.33. The van der Waals surface area contributed by atoms with E-state index in [0.29, 0.717) is 17.8 Å². The van der Waals surface area contributed by atoms with Gasteiger partial charge in [0.05, 0.1) is 10.9 Å². The smallest absolute Gasteiger partial charge is 0.224 e. The minimum Gasteiger partial charge on any atom is -0.474 e. The number of hydrogen-bond donors (Lipinski definition) is 2. The quantitative estimate of drug-likeness (QED) is 0.781. The highest BCUT2D eigenvalue weighted by molar-refractivity contribution is 5.86. The van der Waals surface area contributed by atoms with E-state index in [9.17, 15) is 0 Å². The van der Waals surface area contributed by atoms with Crippen LogP contribution < -0.4 is 15.4 Å². The molecule has 0 bridgehead atoms. The molecule has 0 unspecified atom stereocenters. The lowest BCUT2D eigenvalue weighted by Crippen LogP contribution is -2.34. The minimum atomic E-state index is 0.224. The van der Waals surface area contributed by atoms with Crippen LogP contribution in [0.1, 0.15) is 76.2 Å². The van der Waals surface area contributed by atoms with Crippen LogP contribution in [-0.2, 0) is 0 Å². The summed E-state index contributed by atoms with van der Waals surface area (Å²) < 4.78 is 6.33. The SMILES string of the molecule is CC1CC(Nc2ncc3c(OC4CCNCC4)ncc(C4CCCCC4)c3n2)C1. The highest BCUT2D eigenvalue weighted by Gasteiger charge is 2.27. The molecule has 2 aromatic heterocycles. The summed E-state index contributed by atoms with van der Waals surface area (Å²) >= 11 is 0. The number of rotatable bonds is 5. The minimum absolute atomic E-state index is 0.224. The predicted molar refractivity (Wildman–Crippen MR) is 115 cm³/mol. The summed E-state index contributed by atoms with van der Waals surface area (Å²) in [5.41, 5.74) is 2.32. The van der Waals surface area contributed by atoms with E-state index in [1.54, 1.807) is 0 Å². The summed E-state index contributed by atoms with van der Waals surface area (Å²) in [6, 6.07) is 0.507. The van der Waals surface area contributed by atoms with Crippen LogP contribution in [0.5, 0.6) is 5.88 Å². The average molecular weight is 396 g/mol. The molecule has 2 saturated carbocycles. The predicted octanol–water partition coefficient (Wildman–Crippen LogP) is 4.41. The summed E-state index contributed by atoms with van der Waals surface area (Å²) in [6.45, 7) is 4.32. The van der Waals surface area contributed by atoms with Gasteiger partial charge in [-0.1, -0.05) is 26.2 Å².